The lowest BCUT2D eigenvalue weighted by Crippen LogP contribution is -2.39. The van der Waals surface area contributed by atoms with E-state index < -0.39 is 21.9 Å². The van der Waals surface area contributed by atoms with Crippen molar-refractivity contribution in [1.82, 2.24) is 19.7 Å². The first-order valence-corrected chi connectivity index (χ1v) is 9.53. The first-order chi connectivity index (χ1) is 12.6. The lowest BCUT2D eigenvalue weighted by Gasteiger charge is -2.19. The van der Waals surface area contributed by atoms with Gasteiger partial charge in [-0.05, 0) is 39.0 Å². The number of aromatic amines is 1. The number of aromatic nitrogens is 3. The fourth-order valence-corrected chi connectivity index (χ4v) is 3.17. The van der Waals surface area contributed by atoms with Crippen molar-refractivity contribution in [2.45, 2.75) is 26.4 Å². The molecule has 3 rings (SSSR count). The van der Waals surface area contributed by atoms with Gasteiger partial charge in [0.05, 0.1) is 11.4 Å². The molecular weight excluding hydrogens is 370 g/mol. The van der Waals surface area contributed by atoms with Crippen molar-refractivity contribution in [3.8, 4) is 11.3 Å². The number of nitrogens with zero attached hydrogens (tertiary/aromatic N) is 2. The predicted octanol–water partition coefficient (Wildman–Crippen LogP) is 2.81. The summed E-state index contributed by atoms with van der Waals surface area (Å²) in [5, 5.41) is 0.810. The fourth-order valence-electron chi connectivity index (χ4n) is 2.42. The van der Waals surface area contributed by atoms with Gasteiger partial charge in [-0.1, -0.05) is 12.1 Å². The van der Waals surface area contributed by atoms with Crippen molar-refractivity contribution in [2.24, 2.45) is 0 Å². The van der Waals surface area contributed by atoms with Crippen LogP contribution in [-0.4, -0.2) is 35.1 Å². The Bertz CT molecular complexity index is 1090. The fraction of sp³-hybridized carbons (Fsp3) is 0.235. The Morgan fingerprint density at radius 1 is 1.19 bits per heavy atom. The third-order valence-electron chi connectivity index (χ3n) is 3.36. The number of H-pyrrole nitrogens is 1. The molecule has 2 aromatic heterocycles. The predicted molar refractivity (Wildman–Crippen MR) is 101 cm³/mol. The maximum absolute atomic E-state index is 12.2. The molecule has 0 bridgehead atoms. The first-order valence-electron chi connectivity index (χ1n) is 8.05. The van der Waals surface area contributed by atoms with Gasteiger partial charge in [-0.15, -0.1) is 0 Å². The van der Waals surface area contributed by atoms with Gasteiger partial charge in [0, 0.05) is 17.1 Å². The molecule has 0 atom stereocenters. The lowest BCUT2D eigenvalue weighted by atomic mass is 10.1. The van der Waals surface area contributed by atoms with Crippen LogP contribution in [0.15, 0.2) is 42.9 Å². The van der Waals surface area contributed by atoms with Crippen LogP contribution in [0.2, 0.25) is 0 Å². The smallest absolute Gasteiger partial charge is 0.422 e. The number of carbonyl (C=O) groups is 1. The highest BCUT2D eigenvalue weighted by Crippen LogP contribution is 2.26. The van der Waals surface area contributed by atoms with Crippen molar-refractivity contribution in [2.75, 3.05) is 4.72 Å². The number of ether oxygens (including phenoxy) is 1. The van der Waals surface area contributed by atoms with E-state index in [0.29, 0.717) is 16.9 Å². The summed E-state index contributed by atoms with van der Waals surface area (Å²) < 4.78 is 33.4. The minimum atomic E-state index is -4.15. The maximum atomic E-state index is 12.2. The van der Waals surface area contributed by atoms with Crippen LogP contribution in [0.3, 0.4) is 0 Å². The summed E-state index contributed by atoms with van der Waals surface area (Å²) in [6.45, 7) is 4.92. The second-order valence-electron chi connectivity index (χ2n) is 6.75. The van der Waals surface area contributed by atoms with Crippen LogP contribution in [0.25, 0.3) is 22.3 Å². The van der Waals surface area contributed by atoms with Crippen LogP contribution in [0.4, 0.5) is 10.5 Å². The number of hydrogen-bond acceptors (Lipinski definition) is 6. The summed E-state index contributed by atoms with van der Waals surface area (Å²) >= 11 is 0. The number of hydrogen-bond donors (Lipinski definition) is 3. The summed E-state index contributed by atoms with van der Waals surface area (Å²) in [4.78, 5) is 23.1. The van der Waals surface area contributed by atoms with Gasteiger partial charge in [0.15, 0.2) is 0 Å². The molecule has 0 aliphatic carbocycles. The van der Waals surface area contributed by atoms with Gasteiger partial charge >= 0.3 is 16.3 Å². The molecule has 0 unspecified atom stereocenters. The van der Waals surface area contributed by atoms with E-state index in [2.05, 4.69) is 19.7 Å². The van der Waals surface area contributed by atoms with Crippen LogP contribution in [-0.2, 0) is 14.9 Å². The second-order valence-corrected chi connectivity index (χ2v) is 8.17. The standard InChI is InChI=1S/C17H19N5O4S/c1-17(2,3)26-16(23)22-27(24,25)21-12-6-4-5-11(9-12)14-13-7-8-18-15(13)20-10-19-14/h4-10,21H,1-3H3,(H,22,23)(H,18,19,20). The molecule has 0 fully saturated rings. The number of rotatable bonds is 4. The van der Waals surface area contributed by atoms with E-state index in [1.165, 1.54) is 6.33 Å². The Morgan fingerprint density at radius 3 is 2.70 bits per heavy atom. The highest BCUT2D eigenvalue weighted by molar-refractivity contribution is 7.91. The second kappa shape index (κ2) is 6.88. The topological polar surface area (TPSA) is 126 Å². The average Bonchev–Trinajstić information content (AvgIpc) is 3.00. The van der Waals surface area contributed by atoms with E-state index >= 15 is 0 Å². The summed E-state index contributed by atoms with van der Waals surface area (Å²) in [5.41, 5.74) is 1.49. The van der Waals surface area contributed by atoms with Crippen LogP contribution in [0, 0.1) is 0 Å². The van der Waals surface area contributed by atoms with Gasteiger partial charge in [0.1, 0.15) is 17.6 Å². The Kier molecular flexibility index (Phi) is 4.75. The van der Waals surface area contributed by atoms with Crippen LogP contribution in [0.5, 0.6) is 0 Å². The molecule has 27 heavy (non-hydrogen) atoms. The molecule has 0 saturated carbocycles. The molecule has 0 radical (unpaired) electrons. The summed E-state index contributed by atoms with van der Waals surface area (Å²) in [6.07, 6.45) is 2.12. The Balaban J connectivity index is 1.82. The number of nitrogens with one attached hydrogen (secondary N) is 3. The zero-order chi connectivity index (χ0) is 19.7. The van der Waals surface area contributed by atoms with Crippen molar-refractivity contribution in [3.05, 3.63) is 42.9 Å². The normalized spacial score (nSPS) is 12.0. The molecule has 0 saturated heterocycles. The molecule has 10 heteroatoms. The minimum Gasteiger partial charge on any atom is -0.443 e. The summed E-state index contributed by atoms with van der Waals surface area (Å²) in [7, 11) is -4.15. The monoisotopic (exact) mass is 389 g/mol. The summed E-state index contributed by atoms with van der Waals surface area (Å²) in [6, 6.07) is 8.50. The molecule has 3 aromatic rings. The highest BCUT2D eigenvalue weighted by Gasteiger charge is 2.21. The largest absolute Gasteiger partial charge is 0.443 e. The van der Waals surface area contributed by atoms with Gasteiger partial charge in [-0.2, -0.15) is 8.42 Å². The molecule has 0 aliphatic rings. The quantitative estimate of drug-likeness (QED) is 0.630. The molecule has 0 aliphatic heterocycles. The molecule has 9 nitrogen and oxygen atoms in total. The van der Waals surface area contributed by atoms with Crippen molar-refractivity contribution < 1.29 is 17.9 Å². The number of benzene rings is 1. The lowest BCUT2D eigenvalue weighted by molar-refractivity contribution is 0.0570. The Labute approximate surface area is 156 Å². The van der Waals surface area contributed by atoms with Gasteiger partial charge in [0.2, 0.25) is 0 Å². The molecule has 1 aromatic carbocycles. The zero-order valence-corrected chi connectivity index (χ0v) is 15.8. The van der Waals surface area contributed by atoms with Gasteiger partial charge < -0.3 is 9.72 Å². The number of amides is 1. The first kappa shape index (κ1) is 18.6. The maximum Gasteiger partial charge on any atom is 0.422 e. The van der Waals surface area contributed by atoms with E-state index in [0.717, 1.165) is 5.39 Å². The molecule has 142 valence electrons. The number of carbonyl (C=O) groups excluding carboxylic acids is 1. The van der Waals surface area contributed by atoms with E-state index in [-0.39, 0.29) is 5.69 Å². The Morgan fingerprint density at radius 2 is 1.96 bits per heavy atom. The van der Waals surface area contributed by atoms with Gasteiger partial charge in [0.25, 0.3) is 0 Å². The highest BCUT2D eigenvalue weighted by atomic mass is 32.2. The minimum absolute atomic E-state index is 0.269. The third kappa shape index (κ3) is 4.73. The number of fused-ring (bicyclic) bond motifs is 1. The van der Waals surface area contributed by atoms with Gasteiger partial charge in [-0.3, -0.25) is 4.72 Å². The summed E-state index contributed by atoms with van der Waals surface area (Å²) in [5.74, 6) is 0. The van der Waals surface area contributed by atoms with Crippen LogP contribution >= 0.6 is 0 Å². The molecule has 3 N–H and O–H groups in total. The van der Waals surface area contributed by atoms with E-state index in [1.54, 1.807) is 51.2 Å². The molecule has 0 spiro atoms. The average molecular weight is 389 g/mol. The van der Waals surface area contributed by atoms with E-state index in [1.807, 2.05) is 10.8 Å². The number of anilines is 1. The van der Waals surface area contributed by atoms with Crippen molar-refractivity contribution in [1.29, 1.82) is 0 Å². The van der Waals surface area contributed by atoms with Crippen molar-refractivity contribution in [3.63, 3.8) is 0 Å². The molecule has 1 amide bonds. The Hall–Kier alpha value is -3.14. The van der Waals surface area contributed by atoms with E-state index in [9.17, 15) is 13.2 Å². The molecular formula is C17H19N5O4S. The van der Waals surface area contributed by atoms with E-state index in [4.69, 9.17) is 4.74 Å². The van der Waals surface area contributed by atoms with Crippen molar-refractivity contribution >= 4 is 33.0 Å². The van der Waals surface area contributed by atoms with Crippen LogP contribution in [0.1, 0.15) is 20.8 Å². The zero-order valence-electron chi connectivity index (χ0n) is 15.0. The van der Waals surface area contributed by atoms with Crippen LogP contribution < -0.4 is 9.44 Å². The van der Waals surface area contributed by atoms with Gasteiger partial charge in [-0.25, -0.2) is 19.5 Å². The SMILES string of the molecule is CC(C)(C)OC(=O)NS(=O)(=O)Nc1cccc(-c2ncnc3[nH]ccc23)c1. The molecule has 2 heterocycles. The third-order valence-corrected chi connectivity index (χ3v) is 4.30.